The SMILES string of the molecule is CCOC(=O)CCCc1ccc(C(NS(=O)(=O)c2ccc(Cl)cc2)c2ccccc2)cc1. The van der Waals surface area contributed by atoms with E-state index in [1.807, 2.05) is 54.6 Å². The number of carbonyl (C=O) groups is 1. The maximum atomic E-state index is 13.0. The molecule has 0 saturated carbocycles. The van der Waals surface area contributed by atoms with Crippen molar-refractivity contribution >= 4 is 27.6 Å². The predicted octanol–water partition coefficient (Wildman–Crippen LogP) is 5.29. The molecular formula is C25H26ClNO4S. The van der Waals surface area contributed by atoms with E-state index >= 15 is 0 Å². The quantitative estimate of drug-likeness (QED) is 0.407. The first-order chi connectivity index (χ1) is 15.4. The molecule has 0 aliphatic carbocycles. The molecule has 3 aromatic rings. The third-order valence-corrected chi connectivity index (χ3v) is 6.69. The summed E-state index contributed by atoms with van der Waals surface area (Å²) in [5.41, 5.74) is 2.73. The van der Waals surface area contributed by atoms with Gasteiger partial charge in [-0.05, 0) is 60.7 Å². The molecule has 3 rings (SSSR count). The van der Waals surface area contributed by atoms with Gasteiger partial charge in [-0.15, -0.1) is 0 Å². The van der Waals surface area contributed by atoms with E-state index in [1.54, 1.807) is 19.1 Å². The average molecular weight is 472 g/mol. The molecule has 0 heterocycles. The second-order valence-corrected chi connectivity index (χ2v) is 9.47. The monoisotopic (exact) mass is 471 g/mol. The van der Waals surface area contributed by atoms with E-state index in [2.05, 4.69) is 4.72 Å². The molecule has 0 spiro atoms. The molecule has 0 radical (unpaired) electrons. The number of halogens is 1. The Morgan fingerprint density at radius 2 is 1.56 bits per heavy atom. The summed E-state index contributed by atoms with van der Waals surface area (Å²) < 4.78 is 33.8. The Labute approximate surface area is 194 Å². The zero-order chi connectivity index (χ0) is 23.0. The normalized spacial score (nSPS) is 12.3. The van der Waals surface area contributed by atoms with Crippen LogP contribution < -0.4 is 4.72 Å². The van der Waals surface area contributed by atoms with Crippen LogP contribution in [0.4, 0.5) is 0 Å². The van der Waals surface area contributed by atoms with Crippen molar-refractivity contribution in [2.75, 3.05) is 6.61 Å². The van der Waals surface area contributed by atoms with Crippen LogP contribution in [0.1, 0.15) is 42.5 Å². The molecule has 0 amide bonds. The summed E-state index contributed by atoms with van der Waals surface area (Å²) in [7, 11) is -3.77. The fourth-order valence-corrected chi connectivity index (χ4v) is 4.70. The second kappa shape index (κ2) is 11.3. The number of hydrogen-bond donors (Lipinski definition) is 1. The van der Waals surface area contributed by atoms with Gasteiger partial charge in [0.2, 0.25) is 10.0 Å². The van der Waals surface area contributed by atoms with Crippen molar-refractivity contribution in [3.63, 3.8) is 0 Å². The molecule has 5 nitrogen and oxygen atoms in total. The summed E-state index contributed by atoms with van der Waals surface area (Å²) in [4.78, 5) is 11.7. The first-order valence-corrected chi connectivity index (χ1v) is 12.3. The van der Waals surface area contributed by atoms with Crippen molar-refractivity contribution in [3.8, 4) is 0 Å². The lowest BCUT2D eigenvalue weighted by Gasteiger charge is -2.20. The molecule has 1 N–H and O–H groups in total. The zero-order valence-electron chi connectivity index (χ0n) is 17.8. The van der Waals surface area contributed by atoms with E-state index in [1.165, 1.54) is 12.1 Å². The minimum atomic E-state index is -3.77. The van der Waals surface area contributed by atoms with Crippen LogP contribution in [-0.2, 0) is 26.0 Å². The fourth-order valence-electron chi connectivity index (χ4n) is 3.36. The van der Waals surface area contributed by atoms with E-state index in [0.717, 1.165) is 23.1 Å². The molecule has 0 bridgehead atoms. The molecule has 0 aliphatic heterocycles. The molecule has 7 heteroatoms. The van der Waals surface area contributed by atoms with E-state index in [4.69, 9.17) is 16.3 Å². The summed E-state index contributed by atoms with van der Waals surface area (Å²) in [6.45, 7) is 2.18. The Morgan fingerprint density at radius 3 is 2.19 bits per heavy atom. The number of hydrogen-bond acceptors (Lipinski definition) is 4. The summed E-state index contributed by atoms with van der Waals surface area (Å²) >= 11 is 5.90. The molecule has 3 aromatic carbocycles. The standard InChI is InChI=1S/C25H26ClNO4S/c1-2-31-24(28)10-6-7-19-11-13-21(14-12-19)25(20-8-4-3-5-9-20)27-32(29,30)23-17-15-22(26)16-18-23/h3-5,8-9,11-18,25,27H,2,6-7,10H2,1H3. The summed E-state index contributed by atoms with van der Waals surface area (Å²) in [6, 6.07) is 22.7. The Balaban J connectivity index is 1.79. The van der Waals surface area contributed by atoms with Crippen LogP contribution in [0.25, 0.3) is 0 Å². The van der Waals surface area contributed by atoms with Crippen LogP contribution in [0.5, 0.6) is 0 Å². The van der Waals surface area contributed by atoms with Crippen LogP contribution in [0.15, 0.2) is 83.8 Å². The second-order valence-electron chi connectivity index (χ2n) is 7.32. The van der Waals surface area contributed by atoms with Gasteiger partial charge >= 0.3 is 5.97 Å². The third-order valence-electron chi connectivity index (χ3n) is 4.99. The third kappa shape index (κ3) is 6.66. The molecule has 0 fully saturated rings. The smallest absolute Gasteiger partial charge is 0.305 e. The van der Waals surface area contributed by atoms with Crippen molar-refractivity contribution in [1.29, 1.82) is 0 Å². The highest BCUT2D eigenvalue weighted by molar-refractivity contribution is 7.89. The Hall–Kier alpha value is -2.67. The fraction of sp³-hybridized carbons (Fsp3) is 0.240. The number of benzene rings is 3. The highest BCUT2D eigenvalue weighted by Gasteiger charge is 2.23. The molecule has 168 valence electrons. The van der Waals surface area contributed by atoms with Crippen LogP contribution >= 0.6 is 11.6 Å². The first kappa shape index (κ1) is 24.0. The Morgan fingerprint density at radius 1 is 0.938 bits per heavy atom. The highest BCUT2D eigenvalue weighted by atomic mass is 35.5. The lowest BCUT2D eigenvalue weighted by molar-refractivity contribution is -0.143. The molecule has 32 heavy (non-hydrogen) atoms. The summed E-state index contributed by atoms with van der Waals surface area (Å²) in [5, 5.41) is 0.474. The van der Waals surface area contributed by atoms with Crippen LogP contribution in [0.3, 0.4) is 0 Å². The summed E-state index contributed by atoms with van der Waals surface area (Å²) in [6.07, 6.45) is 1.82. The van der Waals surface area contributed by atoms with E-state index in [-0.39, 0.29) is 10.9 Å². The van der Waals surface area contributed by atoms with E-state index in [9.17, 15) is 13.2 Å². The zero-order valence-corrected chi connectivity index (χ0v) is 19.4. The maximum absolute atomic E-state index is 13.0. The Bertz CT molecular complexity index is 1110. The van der Waals surface area contributed by atoms with Gasteiger partial charge in [-0.3, -0.25) is 4.79 Å². The number of sulfonamides is 1. The molecule has 1 atom stereocenters. The topological polar surface area (TPSA) is 72.5 Å². The van der Waals surface area contributed by atoms with Crippen LogP contribution in [0, 0.1) is 0 Å². The van der Waals surface area contributed by atoms with Crippen molar-refractivity contribution in [2.24, 2.45) is 0 Å². The van der Waals surface area contributed by atoms with Crippen molar-refractivity contribution in [1.82, 2.24) is 4.72 Å². The highest BCUT2D eigenvalue weighted by Crippen LogP contribution is 2.26. The number of aryl methyl sites for hydroxylation is 1. The molecule has 0 aromatic heterocycles. The van der Waals surface area contributed by atoms with Gasteiger partial charge in [0.15, 0.2) is 0 Å². The van der Waals surface area contributed by atoms with Crippen molar-refractivity contribution < 1.29 is 17.9 Å². The van der Waals surface area contributed by atoms with Crippen molar-refractivity contribution in [3.05, 3.63) is 101 Å². The summed E-state index contributed by atoms with van der Waals surface area (Å²) in [5.74, 6) is -0.190. The van der Waals surface area contributed by atoms with Gasteiger partial charge in [-0.2, -0.15) is 4.72 Å². The largest absolute Gasteiger partial charge is 0.466 e. The van der Waals surface area contributed by atoms with E-state index < -0.39 is 16.1 Å². The van der Waals surface area contributed by atoms with Gasteiger partial charge in [0.05, 0.1) is 17.5 Å². The van der Waals surface area contributed by atoms with Gasteiger partial charge in [0.1, 0.15) is 0 Å². The number of ether oxygens (including phenoxy) is 1. The van der Waals surface area contributed by atoms with Gasteiger partial charge in [0, 0.05) is 11.4 Å². The number of rotatable bonds is 10. The van der Waals surface area contributed by atoms with Crippen LogP contribution in [0.2, 0.25) is 5.02 Å². The number of esters is 1. The lowest BCUT2D eigenvalue weighted by Crippen LogP contribution is -2.29. The van der Waals surface area contributed by atoms with Gasteiger partial charge < -0.3 is 4.74 Å². The van der Waals surface area contributed by atoms with E-state index in [0.29, 0.717) is 24.5 Å². The number of carbonyl (C=O) groups excluding carboxylic acids is 1. The van der Waals surface area contributed by atoms with Crippen molar-refractivity contribution in [2.45, 2.75) is 37.1 Å². The van der Waals surface area contributed by atoms with Gasteiger partial charge in [-0.25, -0.2) is 8.42 Å². The maximum Gasteiger partial charge on any atom is 0.305 e. The molecule has 1 unspecified atom stereocenters. The Kier molecular flexibility index (Phi) is 8.45. The minimum absolute atomic E-state index is 0.151. The molecule has 0 aliphatic rings. The minimum Gasteiger partial charge on any atom is -0.466 e. The predicted molar refractivity (Wildman–Crippen MR) is 126 cm³/mol. The molecular weight excluding hydrogens is 446 g/mol. The van der Waals surface area contributed by atoms with Crippen LogP contribution in [-0.4, -0.2) is 21.0 Å². The lowest BCUT2D eigenvalue weighted by atomic mass is 9.97. The average Bonchev–Trinajstić information content (AvgIpc) is 2.79. The van der Waals surface area contributed by atoms with Gasteiger partial charge in [-0.1, -0.05) is 66.2 Å². The van der Waals surface area contributed by atoms with Gasteiger partial charge in [0.25, 0.3) is 0 Å². The first-order valence-electron chi connectivity index (χ1n) is 10.5. The number of nitrogens with one attached hydrogen (secondary N) is 1. The molecule has 0 saturated heterocycles.